The Labute approximate surface area is 187 Å². The second-order valence-corrected chi connectivity index (χ2v) is 8.91. The molecule has 1 fully saturated rings. The number of aliphatic carboxylic acids is 1. The summed E-state index contributed by atoms with van der Waals surface area (Å²) in [6.45, 7) is 0. The van der Waals surface area contributed by atoms with Crippen molar-refractivity contribution in [1.82, 2.24) is 4.98 Å². The number of rotatable bonds is 6. The van der Waals surface area contributed by atoms with E-state index in [1.165, 1.54) is 17.4 Å². The van der Waals surface area contributed by atoms with E-state index in [4.69, 9.17) is 0 Å². The standard InChI is InChI=1S/C25H19FN2O3S/c26-19-13-16(9-12-20(19)27-25-28-21-3-1-2-4-22(21)32-25)14-5-7-15(8-6-14)23(29)17-10-11-18(17)24(30)31/h1-9,12-13,17-18H,10-11H2,(H,27,28)(H,30,31)/t17-,18-/m1/s1. The van der Waals surface area contributed by atoms with Gasteiger partial charge in [0.2, 0.25) is 0 Å². The van der Waals surface area contributed by atoms with Crippen molar-refractivity contribution in [2.24, 2.45) is 11.8 Å². The van der Waals surface area contributed by atoms with Gasteiger partial charge < -0.3 is 10.4 Å². The van der Waals surface area contributed by atoms with E-state index in [2.05, 4.69) is 10.3 Å². The van der Waals surface area contributed by atoms with Crippen LogP contribution in [0.1, 0.15) is 23.2 Å². The van der Waals surface area contributed by atoms with Crippen LogP contribution in [0.25, 0.3) is 21.3 Å². The minimum Gasteiger partial charge on any atom is -0.481 e. The molecular formula is C25H19FN2O3S. The van der Waals surface area contributed by atoms with Crippen LogP contribution in [-0.4, -0.2) is 21.8 Å². The summed E-state index contributed by atoms with van der Waals surface area (Å²) in [5, 5.41) is 12.8. The second kappa shape index (κ2) is 8.16. The molecule has 160 valence electrons. The maximum Gasteiger partial charge on any atom is 0.307 e. The van der Waals surface area contributed by atoms with Crippen LogP contribution >= 0.6 is 11.3 Å². The first-order valence-corrected chi connectivity index (χ1v) is 11.1. The number of benzene rings is 3. The number of ketones is 1. The van der Waals surface area contributed by atoms with Crippen molar-refractivity contribution in [3.05, 3.63) is 78.1 Å². The fourth-order valence-electron chi connectivity index (χ4n) is 3.99. The van der Waals surface area contributed by atoms with Crippen LogP contribution in [0.3, 0.4) is 0 Å². The van der Waals surface area contributed by atoms with Crippen molar-refractivity contribution in [3.63, 3.8) is 0 Å². The molecule has 5 nitrogen and oxygen atoms in total. The van der Waals surface area contributed by atoms with E-state index in [0.29, 0.717) is 34.8 Å². The molecule has 1 saturated carbocycles. The molecule has 0 unspecified atom stereocenters. The van der Waals surface area contributed by atoms with E-state index < -0.39 is 23.6 Å². The highest BCUT2D eigenvalue weighted by molar-refractivity contribution is 7.22. The predicted molar refractivity (Wildman–Crippen MR) is 123 cm³/mol. The third-order valence-electron chi connectivity index (χ3n) is 5.94. The normalized spacial score (nSPS) is 17.7. The molecule has 32 heavy (non-hydrogen) atoms. The largest absolute Gasteiger partial charge is 0.481 e. The second-order valence-electron chi connectivity index (χ2n) is 7.88. The lowest BCUT2D eigenvalue weighted by molar-refractivity contribution is -0.146. The van der Waals surface area contributed by atoms with Gasteiger partial charge in [-0.05, 0) is 48.2 Å². The number of hydrogen-bond donors (Lipinski definition) is 2. The smallest absolute Gasteiger partial charge is 0.307 e. The maximum atomic E-state index is 14.8. The molecule has 0 radical (unpaired) electrons. The molecule has 1 aliphatic carbocycles. The zero-order valence-corrected chi connectivity index (χ0v) is 17.7. The number of nitrogens with one attached hydrogen (secondary N) is 1. The van der Waals surface area contributed by atoms with Crippen molar-refractivity contribution in [2.75, 3.05) is 5.32 Å². The molecule has 1 aromatic heterocycles. The van der Waals surface area contributed by atoms with Crippen molar-refractivity contribution >= 4 is 44.1 Å². The van der Waals surface area contributed by atoms with E-state index >= 15 is 0 Å². The zero-order chi connectivity index (χ0) is 22.2. The molecule has 1 aliphatic rings. The molecular weight excluding hydrogens is 427 g/mol. The number of carbonyl (C=O) groups excluding carboxylic acids is 1. The molecule has 2 atom stereocenters. The number of hydrogen-bond acceptors (Lipinski definition) is 5. The molecule has 3 aromatic carbocycles. The van der Waals surface area contributed by atoms with Gasteiger partial charge in [-0.2, -0.15) is 0 Å². The Morgan fingerprint density at radius 2 is 1.69 bits per heavy atom. The number of anilines is 2. The SMILES string of the molecule is O=C(O)[C@@H]1CC[C@H]1C(=O)c1ccc(-c2ccc(Nc3nc4ccccc4s3)c(F)c2)cc1. The molecule has 0 spiro atoms. The van der Waals surface area contributed by atoms with Gasteiger partial charge in [-0.3, -0.25) is 9.59 Å². The molecule has 0 bridgehead atoms. The van der Waals surface area contributed by atoms with Crippen molar-refractivity contribution in [2.45, 2.75) is 12.8 Å². The van der Waals surface area contributed by atoms with Crippen LogP contribution < -0.4 is 5.32 Å². The first-order valence-electron chi connectivity index (χ1n) is 10.3. The van der Waals surface area contributed by atoms with Crippen LogP contribution in [0.15, 0.2) is 66.7 Å². The van der Waals surface area contributed by atoms with Gasteiger partial charge in [-0.15, -0.1) is 0 Å². The number of halogens is 1. The first kappa shape index (κ1) is 20.3. The van der Waals surface area contributed by atoms with E-state index in [-0.39, 0.29) is 5.78 Å². The van der Waals surface area contributed by atoms with Crippen LogP contribution in [0.2, 0.25) is 0 Å². The number of fused-ring (bicyclic) bond motifs is 1. The Morgan fingerprint density at radius 3 is 2.34 bits per heavy atom. The summed E-state index contributed by atoms with van der Waals surface area (Å²) in [5.74, 6) is -2.51. The molecule has 4 aromatic rings. The third kappa shape index (κ3) is 3.76. The van der Waals surface area contributed by atoms with Gasteiger partial charge in [0.05, 0.1) is 21.8 Å². The Morgan fingerprint density at radius 1 is 0.969 bits per heavy atom. The highest BCUT2D eigenvalue weighted by Crippen LogP contribution is 2.37. The summed E-state index contributed by atoms with van der Waals surface area (Å²) in [5.41, 5.74) is 3.14. The third-order valence-corrected chi connectivity index (χ3v) is 6.89. The summed E-state index contributed by atoms with van der Waals surface area (Å²) >= 11 is 1.46. The van der Waals surface area contributed by atoms with Crippen LogP contribution in [0.4, 0.5) is 15.2 Å². The number of Topliss-reactive ketones (excluding diaryl/α,β-unsaturated/α-hetero) is 1. The quantitative estimate of drug-likeness (QED) is 0.348. The van der Waals surface area contributed by atoms with Crippen molar-refractivity contribution in [3.8, 4) is 11.1 Å². The van der Waals surface area contributed by atoms with Gasteiger partial charge in [-0.1, -0.05) is 53.8 Å². The molecule has 0 amide bonds. The number of carbonyl (C=O) groups is 2. The topological polar surface area (TPSA) is 79.3 Å². The maximum absolute atomic E-state index is 14.8. The summed E-state index contributed by atoms with van der Waals surface area (Å²) in [6, 6.07) is 19.5. The van der Waals surface area contributed by atoms with E-state index in [9.17, 15) is 19.1 Å². The zero-order valence-electron chi connectivity index (χ0n) is 16.9. The minimum absolute atomic E-state index is 0.142. The van der Waals surface area contributed by atoms with Gasteiger partial charge in [0.1, 0.15) is 5.82 Å². The summed E-state index contributed by atoms with van der Waals surface area (Å²) in [7, 11) is 0. The number of aromatic nitrogens is 1. The lowest BCUT2D eigenvalue weighted by Crippen LogP contribution is -2.38. The number of para-hydroxylation sites is 1. The lowest BCUT2D eigenvalue weighted by Gasteiger charge is -2.32. The summed E-state index contributed by atoms with van der Waals surface area (Å²) in [4.78, 5) is 28.3. The highest BCUT2D eigenvalue weighted by Gasteiger charge is 2.41. The number of thiazole rings is 1. The van der Waals surface area contributed by atoms with Gasteiger partial charge in [0, 0.05) is 11.5 Å². The summed E-state index contributed by atoms with van der Waals surface area (Å²) < 4.78 is 15.8. The average molecular weight is 447 g/mol. The van der Waals surface area contributed by atoms with Gasteiger partial charge in [-0.25, -0.2) is 9.37 Å². The highest BCUT2D eigenvalue weighted by atomic mass is 32.1. The van der Waals surface area contributed by atoms with E-state index in [1.54, 1.807) is 30.3 Å². The lowest BCUT2D eigenvalue weighted by atomic mass is 9.70. The Balaban J connectivity index is 1.32. The van der Waals surface area contributed by atoms with Crippen LogP contribution in [0, 0.1) is 17.7 Å². The molecule has 1 heterocycles. The number of carboxylic acids is 1. The number of carboxylic acid groups (broad SMARTS) is 1. The number of nitrogens with zero attached hydrogens (tertiary/aromatic N) is 1. The molecule has 7 heteroatoms. The van der Waals surface area contributed by atoms with Gasteiger partial charge in [0.15, 0.2) is 10.9 Å². The Kier molecular flexibility index (Phi) is 5.19. The van der Waals surface area contributed by atoms with E-state index in [1.807, 2.05) is 30.3 Å². The van der Waals surface area contributed by atoms with E-state index in [0.717, 1.165) is 15.8 Å². The molecule has 0 aliphatic heterocycles. The van der Waals surface area contributed by atoms with Gasteiger partial charge in [0.25, 0.3) is 0 Å². The van der Waals surface area contributed by atoms with Crippen LogP contribution in [-0.2, 0) is 4.79 Å². The fraction of sp³-hybridized carbons (Fsp3) is 0.160. The first-order chi connectivity index (χ1) is 15.5. The fourth-order valence-corrected chi connectivity index (χ4v) is 4.87. The van der Waals surface area contributed by atoms with Gasteiger partial charge >= 0.3 is 5.97 Å². The average Bonchev–Trinajstić information content (AvgIpc) is 3.16. The minimum atomic E-state index is -0.916. The Hall–Kier alpha value is -3.58. The molecule has 5 rings (SSSR count). The summed E-state index contributed by atoms with van der Waals surface area (Å²) in [6.07, 6.45) is 1.15. The molecule has 0 saturated heterocycles. The van der Waals surface area contributed by atoms with Crippen molar-refractivity contribution in [1.29, 1.82) is 0 Å². The monoisotopic (exact) mass is 446 g/mol. The predicted octanol–water partition coefficient (Wildman–Crippen LogP) is 6.14. The van der Waals surface area contributed by atoms with Crippen LogP contribution in [0.5, 0.6) is 0 Å². The van der Waals surface area contributed by atoms with Crippen molar-refractivity contribution < 1.29 is 19.1 Å². The molecule has 2 N–H and O–H groups in total. The Bertz CT molecular complexity index is 1300.